The number of para-hydroxylation sites is 3. The minimum Gasteiger partial charge on any atom is -0.495 e. The van der Waals surface area contributed by atoms with E-state index in [1.807, 2.05) is 24.0 Å². The number of nitrogens with zero attached hydrogens (tertiary/aromatic N) is 2. The first kappa shape index (κ1) is 31.4. The Morgan fingerprint density at radius 3 is 2.35 bits per heavy atom. The van der Waals surface area contributed by atoms with Gasteiger partial charge in [0.15, 0.2) is 0 Å². The largest absolute Gasteiger partial charge is 0.495 e. The van der Waals surface area contributed by atoms with Gasteiger partial charge in [-0.2, -0.15) is 0 Å². The van der Waals surface area contributed by atoms with Crippen molar-refractivity contribution in [1.82, 2.24) is 0 Å². The number of nitrogens with one attached hydrogen (secondary N) is 2. The van der Waals surface area contributed by atoms with E-state index >= 15 is 0 Å². The zero-order valence-electron chi connectivity index (χ0n) is 25.3. The molecule has 2 heterocycles. The normalized spacial score (nSPS) is 16.5. The van der Waals surface area contributed by atoms with E-state index in [2.05, 4.69) is 10.0 Å². The lowest BCUT2D eigenvalue weighted by molar-refractivity contribution is 0.102. The molecule has 4 aromatic carbocycles. The third-order valence-corrected chi connectivity index (χ3v) is 11.3. The van der Waals surface area contributed by atoms with Gasteiger partial charge in [0, 0.05) is 24.7 Å². The maximum absolute atomic E-state index is 13.8. The van der Waals surface area contributed by atoms with Crippen LogP contribution in [0.5, 0.6) is 5.75 Å². The summed E-state index contributed by atoms with van der Waals surface area (Å²) in [5.74, 6) is -0.236. The van der Waals surface area contributed by atoms with Crippen molar-refractivity contribution in [2.75, 3.05) is 52.7 Å². The lowest BCUT2D eigenvalue weighted by atomic mass is 10.1. The Morgan fingerprint density at radius 1 is 0.826 bits per heavy atom. The van der Waals surface area contributed by atoms with Crippen molar-refractivity contribution in [3.8, 4) is 5.75 Å². The number of hydrogen-bond acceptors (Lipinski definition) is 8. The molecule has 0 bridgehead atoms. The molecule has 46 heavy (non-hydrogen) atoms. The van der Waals surface area contributed by atoms with Crippen molar-refractivity contribution in [1.29, 1.82) is 0 Å². The van der Waals surface area contributed by atoms with Gasteiger partial charge in [-0.1, -0.05) is 36.4 Å². The predicted octanol–water partition coefficient (Wildman–Crippen LogP) is 4.72. The summed E-state index contributed by atoms with van der Waals surface area (Å²) in [6.07, 6.45) is 0.588. The van der Waals surface area contributed by atoms with E-state index in [0.29, 0.717) is 49.8 Å². The van der Waals surface area contributed by atoms with E-state index in [1.54, 1.807) is 42.5 Å². The van der Waals surface area contributed by atoms with E-state index in [0.717, 1.165) is 5.56 Å². The molecule has 11 nitrogen and oxygen atoms in total. The third kappa shape index (κ3) is 6.13. The van der Waals surface area contributed by atoms with E-state index in [1.165, 1.54) is 47.8 Å². The lowest BCUT2D eigenvalue weighted by Crippen LogP contribution is -2.37. The highest BCUT2D eigenvalue weighted by Crippen LogP contribution is 2.37. The summed E-state index contributed by atoms with van der Waals surface area (Å²) >= 11 is 0. The average molecular weight is 663 g/mol. The maximum Gasteiger partial charge on any atom is 0.264 e. The van der Waals surface area contributed by atoms with Crippen LogP contribution in [-0.2, 0) is 31.2 Å². The summed E-state index contributed by atoms with van der Waals surface area (Å²) in [7, 11) is -6.63. The van der Waals surface area contributed by atoms with Crippen LogP contribution in [0, 0.1) is 0 Å². The molecule has 0 unspecified atom stereocenters. The molecule has 240 valence electrons. The molecule has 0 spiro atoms. The van der Waals surface area contributed by atoms with Crippen LogP contribution in [-0.4, -0.2) is 62.2 Å². The van der Waals surface area contributed by atoms with Crippen molar-refractivity contribution in [2.24, 2.45) is 0 Å². The van der Waals surface area contributed by atoms with Gasteiger partial charge in [-0.3, -0.25) is 13.8 Å². The average Bonchev–Trinajstić information content (AvgIpc) is 3.41. The highest BCUT2D eigenvalue weighted by Gasteiger charge is 2.36. The van der Waals surface area contributed by atoms with Gasteiger partial charge in [0.25, 0.3) is 26.0 Å². The van der Waals surface area contributed by atoms with Gasteiger partial charge < -0.3 is 19.7 Å². The fraction of sp³-hybridized carbons (Fsp3) is 0.242. The Bertz CT molecular complexity index is 1990. The molecule has 0 aromatic heterocycles. The standard InChI is InChI=1S/C33H34N4O7S2/c1-23-20-24-8-3-5-12-30(24)37(23)46(41,42)27-10-7-9-25(21-27)33(38)34-29-22-26(14-15-31(29)36-16-18-44-19-17-36)45(39,40)35-28-11-4-6-13-32(28)43-2/h3-15,21-23,35H,16-20H2,1-2H3,(H,34,38)/t23-/m0/s1. The number of hydrogen-bond donors (Lipinski definition) is 2. The first-order valence-corrected chi connectivity index (χ1v) is 17.7. The SMILES string of the molecule is COc1ccccc1NS(=O)(=O)c1ccc(N2CCOCC2)c(NC(=O)c2cccc(S(=O)(=O)N3c4ccccc4C[C@@H]3C)c2)c1. The molecule has 0 radical (unpaired) electrons. The van der Waals surface area contributed by atoms with Crippen LogP contribution in [0.4, 0.5) is 22.7 Å². The predicted molar refractivity (Wildman–Crippen MR) is 177 cm³/mol. The Hall–Kier alpha value is -4.59. The minimum absolute atomic E-state index is 0.0190. The smallest absolute Gasteiger partial charge is 0.264 e. The molecular weight excluding hydrogens is 629 g/mol. The lowest BCUT2D eigenvalue weighted by Gasteiger charge is -2.31. The molecule has 4 aromatic rings. The molecule has 2 N–H and O–H groups in total. The van der Waals surface area contributed by atoms with Crippen molar-refractivity contribution in [2.45, 2.75) is 29.2 Å². The monoisotopic (exact) mass is 662 g/mol. The number of fused-ring (bicyclic) bond motifs is 1. The quantitative estimate of drug-likeness (QED) is 0.263. The van der Waals surface area contributed by atoms with Crippen LogP contribution in [0.25, 0.3) is 0 Å². The fourth-order valence-electron chi connectivity index (χ4n) is 5.80. The van der Waals surface area contributed by atoms with Crippen LogP contribution in [0.2, 0.25) is 0 Å². The van der Waals surface area contributed by atoms with Gasteiger partial charge in [-0.15, -0.1) is 0 Å². The molecule has 2 aliphatic rings. The summed E-state index contributed by atoms with van der Waals surface area (Å²) < 4.78 is 69.4. The number of carbonyl (C=O) groups is 1. The molecule has 2 aliphatic heterocycles. The third-order valence-electron chi connectivity index (χ3n) is 8.03. The minimum atomic E-state index is -4.09. The number of sulfonamides is 2. The van der Waals surface area contributed by atoms with Gasteiger partial charge >= 0.3 is 0 Å². The number of amides is 1. The fourth-order valence-corrected chi connectivity index (χ4v) is 8.64. The van der Waals surface area contributed by atoms with Crippen molar-refractivity contribution in [3.05, 3.63) is 102 Å². The van der Waals surface area contributed by atoms with Gasteiger partial charge in [0.05, 0.1) is 52.9 Å². The molecule has 6 rings (SSSR count). The number of benzene rings is 4. The summed E-state index contributed by atoms with van der Waals surface area (Å²) in [6.45, 7) is 3.88. The molecule has 0 saturated carbocycles. The number of morpholine rings is 1. The molecule has 1 atom stereocenters. The number of carbonyl (C=O) groups excluding carboxylic acids is 1. The number of anilines is 4. The van der Waals surface area contributed by atoms with Gasteiger partial charge in [-0.25, -0.2) is 16.8 Å². The summed E-state index contributed by atoms with van der Waals surface area (Å²) in [5.41, 5.74) is 2.80. The molecule has 13 heteroatoms. The van der Waals surface area contributed by atoms with E-state index < -0.39 is 26.0 Å². The van der Waals surface area contributed by atoms with Crippen LogP contribution in [0.15, 0.2) is 101 Å². The van der Waals surface area contributed by atoms with Gasteiger partial charge in [0.1, 0.15) is 5.75 Å². The molecular formula is C33H34N4O7S2. The van der Waals surface area contributed by atoms with Crippen molar-refractivity contribution in [3.63, 3.8) is 0 Å². The van der Waals surface area contributed by atoms with E-state index in [4.69, 9.17) is 9.47 Å². The highest BCUT2D eigenvalue weighted by molar-refractivity contribution is 7.93. The zero-order chi connectivity index (χ0) is 32.5. The Morgan fingerprint density at radius 2 is 1.57 bits per heavy atom. The number of rotatable bonds is 9. The Balaban J connectivity index is 1.32. The van der Waals surface area contributed by atoms with Crippen LogP contribution >= 0.6 is 0 Å². The second-order valence-electron chi connectivity index (χ2n) is 11.0. The van der Waals surface area contributed by atoms with Crippen LogP contribution in [0.3, 0.4) is 0 Å². The van der Waals surface area contributed by atoms with E-state index in [9.17, 15) is 21.6 Å². The first-order chi connectivity index (χ1) is 22.1. The maximum atomic E-state index is 13.8. The molecule has 0 aliphatic carbocycles. The van der Waals surface area contributed by atoms with Gasteiger partial charge in [-0.05, 0) is 73.5 Å². The zero-order valence-corrected chi connectivity index (χ0v) is 27.0. The van der Waals surface area contributed by atoms with Gasteiger partial charge in [0.2, 0.25) is 0 Å². The summed E-state index contributed by atoms with van der Waals surface area (Å²) in [6, 6.07) is 24.1. The topological polar surface area (TPSA) is 134 Å². The Kier molecular flexibility index (Phi) is 8.64. The first-order valence-electron chi connectivity index (χ1n) is 14.7. The van der Waals surface area contributed by atoms with Crippen molar-refractivity contribution < 1.29 is 31.1 Å². The highest BCUT2D eigenvalue weighted by atomic mass is 32.2. The number of methoxy groups -OCH3 is 1. The van der Waals surface area contributed by atoms with Crippen molar-refractivity contribution >= 4 is 48.7 Å². The van der Waals surface area contributed by atoms with Crippen LogP contribution in [0.1, 0.15) is 22.8 Å². The summed E-state index contributed by atoms with van der Waals surface area (Å²) in [4.78, 5) is 15.6. The second kappa shape index (κ2) is 12.7. The number of ether oxygens (including phenoxy) is 2. The molecule has 1 saturated heterocycles. The van der Waals surface area contributed by atoms with Crippen LogP contribution < -0.4 is 24.0 Å². The molecule has 1 fully saturated rings. The Labute approximate surface area is 268 Å². The van der Waals surface area contributed by atoms with E-state index in [-0.39, 0.29) is 32.8 Å². The summed E-state index contributed by atoms with van der Waals surface area (Å²) in [5, 5.41) is 2.85. The second-order valence-corrected chi connectivity index (χ2v) is 14.5. The molecule has 1 amide bonds.